The van der Waals surface area contributed by atoms with Crippen LogP contribution in [0.15, 0.2) is 65.1 Å². The van der Waals surface area contributed by atoms with Crippen LogP contribution in [0.25, 0.3) is 0 Å². The molecule has 1 aliphatic heterocycles. The first kappa shape index (κ1) is 27.2. The first-order chi connectivity index (χ1) is 17.5. The first-order valence-electron chi connectivity index (χ1n) is 11.6. The fourth-order valence-electron chi connectivity index (χ4n) is 4.36. The van der Waals surface area contributed by atoms with Gasteiger partial charge >= 0.3 is 0 Å². The molecule has 3 aromatic carbocycles. The average molecular weight is 606 g/mol. The normalized spacial score (nSPS) is 15.1. The number of nitrogens with one attached hydrogen (secondary N) is 1. The van der Waals surface area contributed by atoms with Crippen LogP contribution in [0, 0.1) is 13.8 Å². The van der Waals surface area contributed by atoms with Crippen LogP contribution in [0.4, 0.5) is 0 Å². The molecular formula is C27H26BrClN2O5S. The molecule has 1 atom stereocenters. The lowest BCUT2D eigenvalue weighted by Gasteiger charge is -2.35. The highest BCUT2D eigenvalue weighted by Gasteiger charge is 2.36. The Kier molecular flexibility index (Phi) is 8.26. The number of fused-ring (bicyclic) bond motifs is 1. The minimum Gasteiger partial charge on any atom is -0.484 e. The van der Waals surface area contributed by atoms with Gasteiger partial charge in [-0.05, 0) is 65.9 Å². The minimum atomic E-state index is -4.08. The van der Waals surface area contributed by atoms with Crippen molar-refractivity contribution in [2.24, 2.45) is 0 Å². The molecule has 0 saturated carbocycles. The molecule has 7 nitrogen and oxygen atoms in total. The summed E-state index contributed by atoms with van der Waals surface area (Å²) in [7, 11) is -4.08. The summed E-state index contributed by atoms with van der Waals surface area (Å²) in [5, 5.41) is 0.263. The number of halogens is 2. The second-order valence-corrected chi connectivity index (χ2v) is 12.1. The molecule has 0 radical (unpaired) electrons. The number of sulfonamides is 1. The highest BCUT2D eigenvalue weighted by atomic mass is 79.9. The zero-order chi connectivity index (χ0) is 26.7. The van der Waals surface area contributed by atoms with Gasteiger partial charge in [-0.15, -0.1) is 0 Å². The van der Waals surface area contributed by atoms with E-state index in [9.17, 15) is 18.0 Å². The van der Waals surface area contributed by atoms with Gasteiger partial charge in [-0.25, -0.2) is 8.42 Å². The third-order valence-electron chi connectivity index (χ3n) is 6.05. The summed E-state index contributed by atoms with van der Waals surface area (Å²) in [5.74, 6) is -1.11. The molecule has 0 fully saturated rings. The van der Waals surface area contributed by atoms with E-state index in [0.717, 1.165) is 22.3 Å². The minimum absolute atomic E-state index is 0.169. The summed E-state index contributed by atoms with van der Waals surface area (Å²) in [5.41, 5.74) is 4.14. The van der Waals surface area contributed by atoms with Crippen molar-refractivity contribution < 1.29 is 22.7 Å². The van der Waals surface area contributed by atoms with Crippen molar-refractivity contribution in [1.82, 2.24) is 9.62 Å². The van der Waals surface area contributed by atoms with Crippen LogP contribution in [0.5, 0.6) is 5.75 Å². The smallest absolute Gasteiger partial charge is 0.261 e. The molecule has 1 heterocycles. The molecule has 1 aliphatic rings. The van der Waals surface area contributed by atoms with Gasteiger partial charge in [0.05, 0.1) is 5.75 Å². The molecule has 0 spiro atoms. The molecule has 0 bridgehead atoms. The van der Waals surface area contributed by atoms with Crippen molar-refractivity contribution in [3.8, 4) is 5.75 Å². The van der Waals surface area contributed by atoms with Crippen LogP contribution in [0.2, 0.25) is 5.02 Å². The second-order valence-electron chi connectivity index (χ2n) is 9.08. The van der Waals surface area contributed by atoms with Crippen molar-refractivity contribution in [2.75, 3.05) is 6.61 Å². The maximum atomic E-state index is 13.3. The van der Waals surface area contributed by atoms with E-state index in [0.29, 0.717) is 15.8 Å². The van der Waals surface area contributed by atoms with Crippen molar-refractivity contribution >= 4 is 49.4 Å². The van der Waals surface area contributed by atoms with E-state index in [1.54, 1.807) is 18.2 Å². The molecule has 2 amide bonds. The van der Waals surface area contributed by atoms with Gasteiger partial charge in [0.15, 0.2) is 6.61 Å². The van der Waals surface area contributed by atoms with Gasteiger partial charge in [0, 0.05) is 22.5 Å². The molecule has 0 saturated heterocycles. The van der Waals surface area contributed by atoms with Gasteiger partial charge in [0.1, 0.15) is 11.8 Å². The van der Waals surface area contributed by atoms with Crippen molar-refractivity contribution in [1.29, 1.82) is 0 Å². The Morgan fingerprint density at radius 3 is 2.41 bits per heavy atom. The standard InChI is InChI=1S/C27H26BrClN2O5S/c1-17-9-18(2)11-23(10-17)36-15-26(32)31-14-20-6-4-3-5-19(20)12-25(31)27(33)30-37(34,35)16-21-7-8-22(28)13-24(21)29/h3-11,13,25H,12,14-16H2,1-2H3,(H,30,33). The van der Waals surface area contributed by atoms with E-state index in [4.69, 9.17) is 16.3 Å². The lowest BCUT2D eigenvalue weighted by Crippen LogP contribution is -2.54. The first-order valence-corrected chi connectivity index (χ1v) is 14.4. The molecule has 0 aromatic heterocycles. The van der Waals surface area contributed by atoms with E-state index in [1.807, 2.05) is 56.3 Å². The summed E-state index contributed by atoms with van der Waals surface area (Å²) in [6.45, 7) is 3.76. The summed E-state index contributed by atoms with van der Waals surface area (Å²) < 4.78 is 34.3. The van der Waals surface area contributed by atoms with Crippen LogP contribution in [-0.4, -0.2) is 37.8 Å². The highest BCUT2D eigenvalue weighted by molar-refractivity contribution is 9.10. The Labute approximate surface area is 230 Å². The van der Waals surface area contributed by atoms with Gasteiger partial charge in [0.25, 0.3) is 11.8 Å². The van der Waals surface area contributed by atoms with Gasteiger partial charge < -0.3 is 9.64 Å². The van der Waals surface area contributed by atoms with Crippen LogP contribution < -0.4 is 9.46 Å². The van der Waals surface area contributed by atoms with E-state index >= 15 is 0 Å². The third kappa shape index (κ3) is 6.91. The predicted molar refractivity (Wildman–Crippen MR) is 146 cm³/mol. The Balaban J connectivity index is 1.52. The number of hydrogen-bond acceptors (Lipinski definition) is 5. The lowest BCUT2D eigenvalue weighted by molar-refractivity contribution is -0.142. The average Bonchev–Trinajstić information content (AvgIpc) is 2.82. The fourth-order valence-corrected chi connectivity index (χ4v) is 6.36. The van der Waals surface area contributed by atoms with Gasteiger partial charge in [-0.1, -0.05) is 63.9 Å². The van der Waals surface area contributed by atoms with E-state index in [1.165, 1.54) is 4.90 Å². The lowest BCUT2D eigenvalue weighted by atomic mass is 9.93. The second kappa shape index (κ2) is 11.2. The monoisotopic (exact) mass is 604 g/mol. The van der Waals surface area contributed by atoms with Crippen molar-refractivity contribution in [3.05, 3.63) is 98.0 Å². The highest BCUT2D eigenvalue weighted by Crippen LogP contribution is 2.26. The number of hydrogen-bond donors (Lipinski definition) is 1. The number of aryl methyl sites for hydroxylation is 2. The van der Waals surface area contributed by atoms with Crippen LogP contribution in [0.3, 0.4) is 0 Å². The molecule has 37 heavy (non-hydrogen) atoms. The molecule has 4 rings (SSSR count). The maximum absolute atomic E-state index is 13.3. The largest absolute Gasteiger partial charge is 0.484 e. The topological polar surface area (TPSA) is 92.8 Å². The Morgan fingerprint density at radius 1 is 1.05 bits per heavy atom. The van der Waals surface area contributed by atoms with Gasteiger partial charge in [-0.2, -0.15) is 0 Å². The number of benzene rings is 3. The molecule has 3 aromatic rings. The molecule has 194 valence electrons. The fraction of sp³-hybridized carbons (Fsp3) is 0.259. The summed E-state index contributed by atoms with van der Waals surface area (Å²) >= 11 is 9.46. The third-order valence-corrected chi connectivity index (χ3v) is 8.09. The number of ether oxygens (including phenoxy) is 1. The Bertz CT molecular complexity index is 1440. The van der Waals surface area contributed by atoms with Crippen LogP contribution in [0.1, 0.15) is 27.8 Å². The zero-order valence-electron chi connectivity index (χ0n) is 20.3. The number of nitrogens with zero attached hydrogens (tertiary/aromatic N) is 1. The number of carbonyl (C=O) groups is 2. The quantitative estimate of drug-likeness (QED) is 0.422. The molecule has 0 aliphatic carbocycles. The number of rotatable bonds is 7. The number of carbonyl (C=O) groups excluding carboxylic acids is 2. The zero-order valence-corrected chi connectivity index (χ0v) is 23.5. The number of amides is 2. The summed E-state index contributed by atoms with van der Waals surface area (Å²) in [6.07, 6.45) is 0.186. The van der Waals surface area contributed by atoms with Gasteiger partial charge in [-0.3, -0.25) is 14.3 Å². The van der Waals surface area contributed by atoms with E-state index in [2.05, 4.69) is 20.7 Å². The predicted octanol–water partition coefficient (Wildman–Crippen LogP) is 4.70. The Hall–Kier alpha value is -2.88. The van der Waals surface area contributed by atoms with E-state index in [-0.39, 0.29) is 24.6 Å². The van der Waals surface area contributed by atoms with Crippen LogP contribution in [-0.2, 0) is 38.3 Å². The molecular weight excluding hydrogens is 580 g/mol. The molecule has 10 heteroatoms. The molecule has 1 N–H and O–H groups in total. The molecule has 1 unspecified atom stereocenters. The van der Waals surface area contributed by atoms with Crippen LogP contribution >= 0.6 is 27.5 Å². The maximum Gasteiger partial charge on any atom is 0.261 e. The van der Waals surface area contributed by atoms with E-state index < -0.39 is 33.6 Å². The summed E-state index contributed by atoms with van der Waals surface area (Å²) in [6, 6.07) is 17.0. The van der Waals surface area contributed by atoms with Crippen molar-refractivity contribution in [3.63, 3.8) is 0 Å². The van der Waals surface area contributed by atoms with Crippen molar-refractivity contribution in [2.45, 2.75) is 38.6 Å². The summed E-state index contributed by atoms with van der Waals surface area (Å²) in [4.78, 5) is 27.9. The Morgan fingerprint density at radius 2 is 1.73 bits per heavy atom. The van der Waals surface area contributed by atoms with Gasteiger partial charge in [0.2, 0.25) is 10.0 Å². The SMILES string of the molecule is Cc1cc(C)cc(OCC(=O)N2Cc3ccccc3CC2C(=O)NS(=O)(=O)Cc2ccc(Br)cc2Cl)c1.